The van der Waals surface area contributed by atoms with Gasteiger partial charge >= 0.3 is 7.12 Å². The number of hydrogen-bond acceptors (Lipinski definition) is 3. The van der Waals surface area contributed by atoms with E-state index in [-0.39, 0.29) is 16.4 Å². The molecule has 0 aromatic heterocycles. The molecule has 3 nitrogen and oxygen atoms in total. The van der Waals surface area contributed by atoms with E-state index in [9.17, 15) is 22.0 Å². The van der Waals surface area contributed by atoms with E-state index < -0.39 is 48.6 Å². The van der Waals surface area contributed by atoms with Crippen molar-refractivity contribution >= 4 is 12.6 Å². The van der Waals surface area contributed by atoms with Crippen LogP contribution in [0.15, 0.2) is 24.3 Å². The maximum Gasteiger partial charge on any atom is 0.494 e. The van der Waals surface area contributed by atoms with Gasteiger partial charge in [0.2, 0.25) is 0 Å². The molecule has 1 fully saturated rings. The predicted octanol–water partition coefficient (Wildman–Crippen LogP) is 3.73. The summed E-state index contributed by atoms with van der Waals surface area (Å²) in [4.78, 5) is 0. The van der Waals surface area contributed by atoms with Gasteiger partial charge < -0.3 is 14.0 Å². The fourth-order valence-corrected chi connectivity index (χ4v) is 2.59. The summed E-state index contributed by atoms with van der Waals surface area (Å²) in [6, 6.07) is 3.39. The first-order chi connectivity index (χ1) is 12.7. The highest BCUT2D eigenvalue weighted by atomic mass is 19.2. The van der Waals surface area contributed by atoms with Crippen molar-refractivity contribution in [3.05, 3.63) is 58.9 Å². The summed E-state index contributed by atoms with van der Waals surface area (Å²) in [5.41, 5.74) is -0.168. The minimum absolute atomic E-state index is 0.115. The molecule has 1 heterocycles. The molecule has 0 unspecified atom stereocenters. The van der Waals surface area contributed by atoms with Gasteiger partial charge in [-0.3, -0.25) is 0 Å². The molecule has 0 N–H and O–H groups in total. The first-order valence-corrected chi connectivity index (χ1v) is 8.15. The minimum Gasteiger partial charge on any atom is -0.483 e. The summed E-state index contributed by atoms with van der Waals surface area (Å²) in [6.07, 6.45) is 0. The summed E-state index contributed by atoms with van der Waals surface area (Å²) < 4.78 is 83.8. The second kappa shape index (κ2) is 7.48. The third-order valence-corrected chi connectivity index (χ3v) is 3.97. The van der Waals surface area contributed by atoms with Gasteiger partial charge in [-0.05, 0) is 35.3 Å². The topological polar surface area (TPSA) is 27.7 Å². The Bertz CT molecular complexity index is 803. The lowest BCUT2D eigenvalue weighted by atomic mass is 9.76. The Hall–Kier alpha value is -2.13. The maximum atomic E-state index is 14.3. The van der Waals surface area contributed by atoms with E-state index >= 15 is 0 Å². The van der Waals surface area contributed by atoms with E-state index in [2.05, 4.69) is 0 Å². The van der Waals surface area contributed by atoms with Crippen molar-refractivity contribution in [3.8, 4) is 5.75 Å². The number of halogens is 5. The van der Waals surface area contributed by atoms with Gasteiger partial charge in [0, 0.05) is 18.6 Å². The van der Waals surface area contributed by atoms with Crippen molar-refractivity contribution in [2.45, 2.75) is 20.5 Å². The van der Waals surface area contributed by atoms with E-state index in [0.717, 1.165) is 12.1 Å². The van der Waals surface area contributed by atoms with Gasteiger partial charge in [0.1, 0.15) is 6.61 Å². The van der Waals surface area contributed by atoms with Gasteiger partial charge in [-0.25, -0.2) is 22.0 Å². The van der Waals surface area contributed by atoms with E-state index in [0.29, 0.717) is 25.3 Å². The molecule has 0 radical (unpaired) electrons. The molecule has 27 heavy (non-hydrogen) atoms. The lowest BCUT2D eigenvalue weighted by Crippen LogP contribution is -2.47. The zero-order chi connectivity index (χ0) is 19.8. The zero-order valence-corrected chi connectivity index (χ0v) is 14.6. The third-order valence-electron chi connectivity index (χ3n) is 3.97. The molecule has 0 bridgehead atoms. The summed E-state index contributed by atoms with van der Waals surface area (Å²) in [6.45, 7) is 4.04. The average Bonchev–Trinajstić information content (AvgIpc) is 2.58. The molecule has 1 aliphatic rings. The van der Waals surface area contributed by atoms with Gasteiger partial charge in [-0.1, -0.05) is 13.8 Å². The van der Waals surface area contributed by atoms with Crippen LogP contribution in [-0.2, 0) is 15.9 Å². The first-order valence-electron chi connectivity index (χ1n) is 8.15. The van der Waals surface area contributed by atoms with E-state index in [1.807, 2.05) is 13.8 Å². The van der Waals surface area contributed by atoms with Crippen molar-refractivity contribution in [1.29, 1.82) is 0 Å². The molecule has 144 valence electrons. The molecule has 0 atom stereocenters. The fourth-order valence-electron chi connectivity index (χ4n) is 2.59. The third kappa shape index (κ3) is 4.41. The van der Waals surface area contributed by atoms with Crippen molar-refractivity contribution in [1.82, 2.24) is 0 Å². The van der Waals surface area contributed by atoms with E-state index in [4.69, 9.17) is 14.0 Å². The molecular weight excluding hydrogens is 370 g/mol. The van der Waals surface area contributed by atoms with Crippen molar-refractivity contribution in [3.63, 3.8) is 0 Å². The van der Waals surface area contributed by atoms with Crippen LogP contribution in [0.5, 0.6) is 5.75 Å². The van der Waals surface area contributed by atoms with Gasteiger partial charge in [0.05, 0.1) is 0 Å². The van der Waals surface area contributed by atoms with Crippen LogP contribution in [0.1, 0.15) is 19.4 Å². The second-order valence-electron chi connectivity index (χ2n) is 7.09. The van der Waals surface area contributed by atoms with Crippen LogP contribution in [0, 0.1) is 34.5 Å². The number of hydrogen-bond donors (Lipinski definition) is 0. The van der Waals surface area contributed by atoms with Crippen LogP contribution < -0.4 is 10.2 Å². The molecule has 2 aromatic rings. The van der Waals surface area contributed by atoms with Crippen LogP contribution in [0.2, 0.25) is 0 Å². The highest BCUT2D eigenvalue weighted by molar-refractivity contribution is 6.61. The minimum atomic E-state index is -1.63. The molecule has 1 aliphatic heterocycles. The van der Waals surface area contributed by atoms with Crippen LogP contribution in [0.4, 0.5) is 22.0 Å². The molecular formula is C18H16BF5O3. The molecule has 9 heteroatoms. The number of ether oxygens (including phenoxy) is 1. The standard InChI is InChI=1S/C18H16BF5O3/c1-18(2)8-26-19(27-9-18)11-5-14(22)17(15(23)6-11)25-7-10-3-12(20)16(24)13(21)4-10/h3-6H,7-9H2,1-2H3. The Morgan fingerprint density at radius 1 is 0.889 bits per heavy atom. The highest BCUT2D eigenvalue weighted by Crippen LogP contribution is 2.25. The summed E-state index contributed by atoms with van der Waals surface area (Å²) in [7, 11) is -0.906. The van der Waals surface area contributed by atoms with Crippen molar-refractivity contribution in [2.75, 3.05) is 13.2 Å². The fraction of sp³-hybridized carbons (Fsp3) is 0.333. The SMILES string of the molecule is CC1(C)COB(c2cc(F)c(OCc3cc(F)c(F)c(F)c3)c(F)c2)OC1. The van der Waals surface area contributed by atoms with Crippen molar-refractivity contribution in [2.24, 2.45) is 5.41 Å². The molecule has 2 aromatic carbocycles. The Morgan fingerprint density at radius 2 is 1.41 bits per heavy atom. The molecule has 3 rings (SSSR count). The molecule has 0 saturated carbocycles. The highest BCUT2D eigenvalue weighted by Gasteiger charge is 2.34. The van der Waals surface area contributed by atoms with Gasteiger partial charge in [-0.2, -0.15) is 0 Å². The maximum absolute atomic E-state index is 14.3. The normalized spacial score (nSPS) is 16.5. The second-order valence-corrected chi connectivity index (χ2v) is 7.09. The van der Waals surface area contributed by atoms with Gasteiger partial charge in [0.15, 0.2) is 34.8 Å². The first kappa shape index (κ1) is 19.6. The van der Waals surface area contributed by atoms with Crippen LogP contribution in [0.25, 0.3) is 0 Å². The lowest BCUT2D eigenvalue weighted by Gasteiger charge is -2.33. The smallest absolute Gasteiger partial charge is 0.483 e. The van der Waals surface area contributed by atoms with Crippen LogP contribution in [-0.4, -0.2) is 20.3 Å². The predicted molar refractivity (Wildman–Crippen MR) is 88.1 cm³/mol. The summed E-state index contributed by atoms with van der Waals surface area (Å²) >= 11 is 0. The Labute approximate surface area is 153 Å². The molecule has 0 spiro atoms. The van der Waals surface area contributed by atoms with Crippen molar-refractivity contribution < 1.29 is 36.0 Å². The largest absolute Gasteiger partial charge is 0.494 e. The summed E-state index contributed by atoms with van der Waals surface area (Å²) in [5, 5.41) is 0. The Kier molecular flexibility index (Phi) is 5.44. The van der Waals surface area contributed by atoms with Crippen LogP contribution in [0.3, 0.4) is 0 Å². The van der Waals surface area contributed by atoms with Gasteiger partial charge in [-0.15, -0.1) is 0 Å². The number of rotatable bonds is 4. The summed E-state index contributed by atoms with van der Waals surface area (Å²) in [5.74, 6) is -7.23. The Balaban J connectivity index is 1.74. The molecule has 0 aliphatic carbocycles. The lowest BCUT2D eigenvalue weighted by molar-refractivity contribution is 0.0342. The average molecular weight is 386 g/mol. The monoisotopic (exact) mass is 386 g/mol. The molecule has 1 saturated heterocycles. The quantitative estimate of drug-likeness (QED) is 0.456. The van der Waals surface area contributed by atoms with E-state index in [1.165, 1.54) is 0 Å². The van der Waals surface area contributed by atoms with Crippen LogP contribution >= 0.6 is 0 Å². The Morgan fingerprint density at radius 3 is 1.93 bits per heavy atom. The van der Waals surface area contributed by atoms with Gasteiger partial charge in [0.25, 0.3) is 0 Å². The van der Waals surface area contributed by atoms with E-state index in [1.54, 1.807) is 0 Å². The number of benzene rings is 2. The zero-order valence-electron chi connectivity index (χ0n) is 14.6. The molecule has 0 amide bonds.